The van der Waals surface area contributed by atoms with Crippen molar-refractivity contribution in [3.05, 3.63) is 470 Å². The Morgan fingerprint density at radius 1 is 0.178 bits per heavy atom. The molecule has 3 aliphatic carbocycles. The van der Waals surface area contributed by atoms with Crippen molar-refractivity contribution in [2.75, 3.05) is 0 Å². The summed E-state index contributed by atoms with van der Waals surface area (Å²) >= 11 is 0. The lowest BCUT2D eigenvalue weighted by atomic mass is 9.82. The number of pyridine rings is 1. The summed E-state index contributed by atoms with van der Waals surface area (Å²) in [4.78, 5) is 4.69. The average molecular weight is 1730 g/mol. The predicted molar refractivity (Wildman–Crippen MR) is 565 cm³/mol. The van der Waals surface area contributed by atoms with E-state index in [1.807, 2.05) is 24.4 Å². The van der Waals surface area contributed by atoms with E-state index in [-0.39, 0.29) is 16.2 Å². The fraction of sp³-hybridized carbons (Fsp3) is 0.0703. The van der Waals surface area contributed by atoms with E-state index in [0.717, 1.165) is 38.9 Å². The number of fused-ring (bicyclic) bond motifs is 27. The number of hydrogen-bond acceptors (Lipinski definition) is 2. The first-order valence-electron chi connectivity index (χ1n) is 47.0. The van der Waals surface area contributed by atoms with Gasteiger partial charge >= 0.3 is 0 Å². The molecular weight excluding hydrogens is 1640 g/mol. The molecule has 26 aromatic rings. The van der Waals surface area contributed by atoms with Gasteiger partial charge in [0.25, 0.3) is 0 Å². The molecule has 135 heavy (non-hydrogen) atoms. The second-order valence-corrected chi connectivity index (χ2v) is 38.5. The molecule has 0 radical (unpaired) electrons. The van der Waals surface area contributed by atoms with Crippen molar-refractivity contribution >= 4 is 131 Å². The number of para-hydroxylation sites is 7. The Labute approximate surface area is 781 Å². The molecule has 0 bridgehead atoms. The molecule has 0 amide bonds. The Balaban J connectivity index is 0.000000103. The maximum absolute atomic E-state index is 6.06. The predicted octanol–water partition coefficient (Wildman–Crippen LogP) is 33.8. The Bertz CT molecular complexity index is 9430. The highest BCUT2D eigenvalue weighted by Crippen LogP contribution is 2.56. The van der Waals surface area contributed by atoms with Crippen LogP contribution in [-0.4, -0.2) is 27.8 Å². The van der Waals surface area contributed by atoms with Crippen LogP contribution >= 0.6 is 0 Å². The average Bonchev–Trinajstić information content (AvgIpc) is 1.56. The highest BCUT2D eigenvalue weighted by Gasteiger charge is 2.40. The maximum atomic E-state index is 6.06. The van der Waals surface area contributed by atoms with Crippen LogP contribution in [0.4, 0.5) is 0 Å². The Hall–Kier alpha value is -16.9. The molecule has 7 aromatic heterocycles. The van der Waals surface area contributed by atoms with E-state index >= 15 is 0 Å². The van der Waals surface area contributed by atoms with Gasteiger partial charge in [0, 0.05) is 121 Å². The number of furan rings is 1. The lowest BCUT2D eigenvalue weighted by molar-refractivity contribution is 0.661. The Kier molecular flexibility index (Phi) is 17.1. The third kappa shape index (κ3) is 11.8. The van der Waals surface area contributed by atoms with Gasteiger partial charge in [0.15, 0.2) is 0 Å². The maximum Gasteiger partial charge on any atom is 0.135 e. The topological polar surface area (TPSA) is 50.7 Å². The minimum absolute atomic E-state index is 0.0405. The molecule has 0 atom stereocenters. The smallest absolute Gasteiger partial charge is 0.135 e. The zero-order valence-corrected chi connectivity index (χ0v) is 75.7. The van der Waals surface area contributed by atoms with E-state index in [2.05, 4.69) is 482 Å². The molecule has 0 N–H and O–H groups in total. The van der Waals surface area contributed by atoms with E-state index in [0.29, 0.717) is 0 Å². The summed E-state index contributed by atoms with van der Waals surface area (Å²) in [5.41, 5.74) is 43.2. The van der Waals surface area contributed by atoms with E-state index in [9.17, 15) is 0 Å². The van der Waals surface area contributed by atoms with Crippen LogP contribution in [0.15, 0.2) is 441 Å². The zero-order chi connectivity index (χ0) is 89.8. The molecule has 0 unspecified atom stereocenters. The minimum atomic E-state index is -0.0897. The van der Waals surface area contributed by atoms with Crippen LogP contribution in [0.5, 0.6) is 0 Å². The SMILES string of the molecule is CC1(C)c2ccccc2-c2cc3c4cc(-c5ccccn5)ccc4n(-c4ccc5c(c4)c4ccccc4n5-c4ccccc4)c3cc21.CC1(C)c2ccccc2-c2cc3c4ccccc4n(-c4ccc(-c5ccc6c(c5)c5ccccc5n6-c5ccccc5)cc4)c3cc21.CC1(C)c2ccccc2-c2cc3c4ccccc4n(-c4ccc(-c5ccc6oc7ccccc7c6c5)cc4)c3cc21. The summed E-state index contributed by atoms with van der Waals surface area (Å²) in [6.07, 6.45) is 1.87. The van der Waals surface area contributed by atoms with Crippen molar-refractivity contribution < 1.29 is 4.42 Å². The van der Waals surface area contributed by atoms with Gasteiger partial charge in [0.05, 0.1) is 60.9 Å². The van der Waals surface area contributed by atoms with Crippen molar-refractivity contribution in [2.24, 2.45) is 0 Å². The van der Waals surface area contributed by atoms with Crippen LogP contribution in [0.1, 0.15) is 74.9 Å². The van der Waals surface area contributed by atoms with Crippen LogP contribution in [0, 0.1) is 0 Å². The third-order valence-electron chi connectivity index (χ3n) is 30.1. The monoisotopic (exact) mass is 1730 g/mol. The lowest BCUT2D eigenvalue weighted by Crippen LogP contribution is -2.14. The standard InChI is InChI=1S/C45H32N2.C44H31N3.C39H27NO/c1-45(2)39-17-9-6-14-33(39)36-27-38-35-16-8-11-19-42(35)47(44(38)28-40(36)45)32-23-20-29(21-24-32)30-22-25-43-37(26-30)34-15-7-10-18-41(34)46(43)31-12-4-3-5-13-31;1-44(2)37-16-8-6-14-31(37)33-26-36-34-24-28(39-17-10-11-23-45-39)19-21-41(34)47(43(36)27-38(33)44)30-20-22-42-35(25-30)32-15-7-9-18-40(32)46(42)29-12-4-3-5-13-29;1-39(2)33-12-6-3-9-27(33)30-22-31-28-10-4-7-13-35(28)40(36(31)23-34(30)39)26-18-15-24(16-19-26)25-17-20-38-32(21-25)29-11-5-8-14-37(29)41-38/h3-28H,1-2H3;3-27H,1-2H3;3-23H,1-2H3. The molecule has 19 aromatic carbocycles. The second kappa shape index (κ2) is 29.6. The molecule has 29 rings (SSSR count). The minimum Gasteiger partial charge on any atom is -0.456 e. The van der Waals surface area contributed by atoms with Gasteiger partial charge in [0.1, 0.15) is 11.2 Å². The van der Waals surface area contributed by atoms with Gasteiger partial charge in [-0.05, 0) is 271 Å². The number of hydrogen-bond donors (Lipinski definition) is 0. The summed E-state index contributed by atoms with van der Waals surface area (Å²) in [6, 6.07) is 157. The zero-order valence-electron chi connectivity index (χ0n) is 75.7. The van der Waals surface area contributed by atoms with E-state index in [1.54, 1.807) is 0 Å². The Morgan fingerprint density at radius 3 is 0.926 bits per heavy atom. The van der Waals surface area contributed by atoms with Crippen molar-refractivity contribution in [1.29, 1.82) is 0 Å². The molecule has 0 saturated heterocycles. The fourth-order valence-electron chi connectivity index (χ4n) is 23.5. The van der Waals surface area contributed by atoms with Crippen molar-refractivity contribution in [3.8, 4) is 95.3 Å². The first-order valence-corrected chi connectivity index (χ1v) is 47.0. The molecule has 0 aliphatic heterocycles. The number of rotatable bonds is 8. The fourth-order valence-corrected chi connectivity index (χ4v) is 23.5. The Morgan fingerprint density at radius 2 is 0.474 bits per heavy atom. The van der Waals surface area contributed by atoms with Gasteiger partial charge in [-0.3, -0.25) is 4.98 Å². The van der Waals surface area contributed by atoms with Crippen LogP contribution < -0.4 is 0 Å². The molecule has 3 aliphatic rings. The first kappa shape index (κ1) is 78.0. The largest absolute Gasteiger partial charge is 0.456 e. The van der Waals surface area contributed by atoms with Crippen LogP contribution in [0.25, 0.3) is 226 Å². The van der Waals surface area contributed by atoms with Gasteiger partial charge in [-0.15, -0.1) is 0 Å². The summed E-state index contributed by atoms with van der Waals surface area (Å²) in [5, 5.41) is 15.0. The van der Waals surface area contributed by atoms with E-state index < -0.39 is 0 Å². The number of benzene rings is 19. The molecule has 7 nitrogen and oxygen atoms in total. The second-order valence-electron chi connectivity index (χ2n) is 38.5. The first-order chi connectivity index (χ1) is 66.2. The van der Waals surface area contributed by atoms with Gasteiger partial charge in [-0.25, -0.2) is 0 Å². The van der Waals surface area contributed by atoms with Crippen molar-refractivity contribution in [2.45, 2.75) is 57.8 Å². The summed E-state index contributed by atoms with van der Waals surface area (Å²) < 4.78 is 18.2. The van der Waals surface area contributed by atoms with Gasteiger partial charge in [-0.1, -0.05) is 290 Å². The molecule has 7 heterocycles. The highest BCUT2D eigenvalue weighted by atomic mass is 16.3. The molecular formula is C128H90N6O. The molecule has 0 fully saturated rings. The van der Waals surface area contributed by atoms with E-state index in [1.165, 1.54) is 221 Å². The molecule has 638 valence electrons. The van der Waals surface area contributed by atoms with Crippen LogP contribution in [0.2, 0.25) is 0 Å². The molecule has 0 saturated carbocycles. The van der Waals surface area contributed by atoms with Crippen molar-refractivity contribution in [3.63, 3.8) is 0 Å². The van der Waals surface area contributed by atoms with Crippen LogP contribution in [0.3, 0.4) is 0 Å². The van der Waals surface area contributed by atoms with Crippen molar-refractivity contribution in [1.82, 2.24) is 27.8 Å². The van der Waals surface area contributed by atoms with Crippen LogP contribution in [-0.2, 0) is 16.2 Å². The number of aromatic nitrogens is 6. The quantitative estimate of drug-likeness (QED) is 0.152. The van der Waals surface area contributed by atoms with Gasteiger partial charge < -0.3 is 27.3 Å². The van der Waals surface area contributed by atoms with Gasteiger partial charge in [-0.2, -0.15) is 0 Å². The lowest BCUT2D eigenvalue weighted by Gasteiger charge is -2.21. The summed E-state index contributed by atoms with van der Waals surface area (Å²) in [7, 11) is 0. The molecule has 0 spiro atoms. The summed E-state index contributed by atoms with van der Waals surface area (Å²) in [6.45, 7) is 14.1. The third-order valence-corrected chi connectivity index (χ3v) is 30.1. The highest BCUT2D eigenvalue weighted by molar-refractivity contribution is 6.18. The summed E-state index contributed by atoms with van der Waals surface area (Å²) in [5.74, 6) is 0. The normalized spacial score (nSPS) is 13.6. The number of nitrogens with zero attached hydrogens (tertiary/aromatic N) is 6. The molecule has 7 heteroatoms. The van der Waals surface area contributed by atoms with Gasteiger partial charge in [0.2, 0.25) is 0 Å². The van der Waals surface area contributed by atoms with E-state index in [4.69, 9.17) is 4.42 Å².